The van der Waals surface area contributed by atoms with Crippen LogP contribution in [0.25, 0.3) is 0 Å². The van der Waals surface area contributed by atoms with Crippen molar-refractivity contribution < 1.29 is 9.84 Å². The Balaban J connectivity index is 0.000000264. The molecule has 5 unspecified atom stereocenters. The molecule has 2 aliphatic carbocycles. The number of ether oxygens (including phenoxy) is 1. The Kier molecular flexibility index (Phi) is 2.13. The maximum atomic E-state index is 9.37. The van der Waals surface area contributed by atoms with Crippen LogP contribution in [0.15, 0.2) is 0 Å². The minimum absolute atomic E-state index is 0.414. The average Bonchev–Trinajstić information content (AvgIpc) is 2.67. The van der Waals surface area contributed by atoms with Crippen molar-refractivity contribution in [3.63, 3.8) is 0 Å². The molecular weight excluding hydrogens is 152 g/mol. The Labute approximate surface area is 73.9 Å². The molecule has 2 heteroatoms. The van der Waals surface area contributed by atoms with Gasteiger partial charge in [-0.2, -0.15) is 0 Å². The minimum atomic E-state index is -0.414. The molecule has 3 aliphatic rings. The van der Waals surface area contributed by atoms with Crippen LogP contribution in [0.2, 0.25) is 0 Å². The second-order valence-electron chi connectivity index (χ2n) is 3.97. The standard InChI is InChI=1S/C8H12O2.C2H6/c9-8-6-2-4-1-5(6)7(3-4)10-8;1-2/h4-9H,1-3H2;1-2H3. The SMILES string of the molecule is CC.OC1OC2CC3CC1C2C3. The topological polar surface area (TPSA) is 29.5 Å². The van der Waals surface area contributed by atoms with Crippen LogP contribution in [0.4, 0.5) is 0 Å². The zero-order chi connectivity index (χ0) is 8.72. The first-order valence-corrected chi connectivity index (χ1v) is 5.18. The van der Waals surface area contributed by atoms with E-state index in [4.69, 9.17) is 4.74 Å². The van der Waals surface area contributed by atoms with Crippen LogP contribution in [0.5, 0.6) is 0 Å². The zero-order valence-electron chi connectivity index (χ0n) is 7.86. The van der Waals surface area contributed by atoms with Crippen LogP contribution in [0.1, 0.15) is 33.1 Å². The largest absolute Gasteiger partial charge is 0.368 e. The molecule has 2 nitrogen and oxygen atoms in total. The van der Waals surface area contributed by atoms with E-state index >= 15 is 0 Å². The number of hydrogen-bond donors (Lipinski definition) is 1. The number of fused-ring (bicyclic) bond motifs is 1. The molecule has 1 saturated heterocycles. The molecule has 2 saturated carbocycles. The quantitative estimate of drug-likeness (QED) is 0.600. The molecule has 1 N–H and O–H groups in total. The first-order valence-electron chi connectivity index (χ1n) is 5.18. The van der Waals surface area contributed by atoms with Gasteiger partial charge in [0.05, 0.1) is 6.10 Å². The molecule has 0 aromatic rings. The van der Waals surface area contributed by atoms with Gasteiger partial charge in [0.1, 0.15) is 0 Å². The normalized spacial score (nSPS) is 53.8. The van der Waals surface area contributed by atoms with Gasteiger partial charge in [-0.05, 0) is 31.1 Å². The summed E-state index contributed by atoms with van der Waals surface area (Å²) in [6, 6.07) is 0. The van der Waals surface area contributed by atoms with Gasteiger partial charge in [-0.15, -0.1) is 0 Å². The lowest BCUT2D eigenvalue weighted by atomic mass is 9.89. The van der Waals surface area contributed by atoms with Gasteiger partial charge < -0.3 is 9.84 Å². The fourth-order valence-corrected chi connectivity index (χ4v) is 3.10. The Morgan fingerprint density at radius 1 is 1.08 bits per heavy atom. The highest BCUT2D eigenvalue weighted by Gasteiger charge is 2.55. The van der Waals surface area contributed by atoms with E-state index in [0.29, 0.717) is 12.0 Å². The van der Waals surface area contributed by atoms with E-state index < -0.39 is 6.29 Å². The Morgan fingerprint density at radius 3 is 2.25 bits per heavy atom. The molecule has 0 spiro atoms. The van der Waals surface area contributed by atoms with Gasteiger partial charge in [0.15, 0.2) is 6.29 Å². The summed E-state index contributed by atoms with van der Waals surface area (Å²) >= 11 is 0. The van der Waals surface area contributed by atoms with Crippen molar-refractivity contribution in [1.29, 1.82) is 0 Å². The molecule has 5 atom stereocenters. The summed E-state index contributed by atoms with van der Waals surface area (Å²) in [5.41, 5.74) is 0. The monoisotopic (exact) mass is 170 g/mol. The van der Waals surface area contributed by atoms with Gasteiger partial charge in [0, 0.05) is 5.92 Å². The summed E-state index contributed by atoms with van der Waals surface area (Å²) < 4.78 is 5.39. The van der Waals surface area contributed by atoms with Gasteiger partial charge in [-0.25, -0.2) is 0 Å². The first kappa shape index (κ1) is 8.52. The summed E-state index contributed by atoms with van der Waals surface area (Å²) in [5.74, 6) is 2.11. The third kappa shape index (κ3) is 1.01. The highest BCUT2D eigenvalue weighted by molar-refractivity contribution is 5.01. The smallest absolute Gasteiger partial charge is 0.158 e. The van der Waals surface area contributed by atoms with E-state index in [9.17, 15) is 5.11 Å². The summed E-state index contributed by atoms with van der Waals surface area (Å²) in [6.07, 6.45) is 3.79. The summed E-state index contributed by atoms with van der Waals surface area (Å²) in [5, 5.41) is 9.37. The second-order valence-corrected chi connectivity index (χ2v) is 3.97. The molecule has 0 aromatic heterocycles. The lowest BCUT2D eigenvalue weighted by Crippen LogP contribution is -2.17. The Hall–Kier alpha value is -0.0800. The third-order valence-corrected chi connectivity index (χ3v) is 3.48. The molecule has 1 heterocycles. The number of aliphatic hydroxyl groups excluding tert-OH is 1. The lowest BCUT2D eigenvalue weighted by molar-refractivity contribution is -0.101. The van der Waals surface area contributed by atoms with Crippen molar-refractivity contribution in [2.45, 2.75) is 45.5 Å². The van der Waals surface area contributed by atoms with Gasteiger partial charge >= 0.3 is 0 Å². The highest BCUT2D eigenvalue weighted by Crippen LogP contribution is 2.55. The molecule has 3 fully saturated rings. The lowest BCUT2D eigenvalue weighted by Gasteiger charge is -2.14. The molecule has 0 amide bonds. The maximum Gasteiger partial charge on any atom is 0.158 e. The van der Waals surface area contributed by atoms with Crippen molar-refractivity contribution in [3.05, 3.63) is 0 Å². The Bertz CT molecular complexity index is 167. The molecular formula is C10H18O2. The van der Waals surface area contributed by atoms with E-state index in [1.54, 1.807) is 0 Å². The molecule has 0 aromatic carbocycles. The van der Waals surface area contributed by atoms with Crippen molar-refractivity contribution in [2.75, 3.05) is 0 Å². The minimum Gasteiger partial charge on any atom is -0.368 e. The van der Waals surface area contributed by atoms with Crippen molar-refractivity contribution in [2.24, 2.45) is 17.8 Å². The van der Waals surface area contributed by atoms with E-state index in [-0.39, 0.29) is 0 Å². The number of rotatable bonds is 0. The van der Waals surface area contributed by atoms with Gasteiger partial charge in [0.25, 0.3) is 0 Å². The number of hydrogen-bond acceptors (Lipinski definition) is 2. The average molecular weight is 170 g/mol. The molecule has 70 valence electrons. The van der Waals surface area contributed by atoms with E-state index in [2.05, 4.69) is 0 Å². The van der Waals surface area contributed by atoms with Crippen LogP contribution in [0.3, 0.4) is 0 Å². The van der Waals surface area contributed by atoms with Crippen molar-refractivity contribution in [1.82, 2.24) is 0 Å². The summed E-state index contributed by atoms with van der Waals surface area (Å²) in [7, 11) is 0. The third-order valence-electron chi connectivity index (χ3n) is 3.48. The molecule has 1 aliphatic heterocycles. The van der Waals surface area contributed by atoms with Crippen LogP contribution in [-0.2, 0) is 4.74 Å². The van der Waals surface area contributed by atoms with Crippen LogP contribution >= 0.6 is 0 Å². The molecule has 12 heavy (non-hydrogen) atoms. The summed E-state index contributed by atoms with van der Waals surface area (Å²) in [6.45, 7) is 4.00. The second kappa shape index (κ2) is 3.00. The van der Waals surface area contributed by atoms with Gasteiger partial charge in [0.2, 0.25) is 0 Å². The van der Waals surface area contributed by atoms with Crippen molar-refractivity contribution in [3.8, 4) is 0 Å². The fourth-order valence-electron chi connectivity index (χ4n) is 3.10. The van der Waals surface area contributed by atoms with Crippen LogP contribution in [0, 0.1) is 17.8 Å². The Morgan fingerprint density at radius 2 is 1.75 bits per heavy atom. The van der Waals surface area contributed by atoms with Crippen LogP contribution in [-0.4, -0.2) is 17.5 Å². The molecule has 3 rings (SSSR count). The highest BCUT2D eigenvalue weighted by atomic mass is 16.6. The van der Waals surface area contributed by atoms with Crippen LogP contribution < -0.4 is 0 Å². The van der Waals surface area contributed by atoms with E-state index in [1.165, 1.54) is 19.3 Å². The van der Waals surface area contributed by atoms with Gasteiger partial charge in [-0.3, -0.25) is 0 Å². The van der Waals surface area contributed by atoms with Crippen molar-refractivity contribution >= 4 is 0 Å². The fraction of sp³-hybridized carbons (Fsp3) is 1.00. The molecule has 2 bridgehead atoms. The predicted octanol–water partition coefficient (Wildman–Crippen LogP) is 1.78. The summed E-state index contributed by atoms with van der Waals surface area (Å²) in [4.78, 5) is 0. The van der Waals surface area contributed by atoms with E-state index in [0.717, 1.165) is 11.8 Å². The zero-order valence-corrected chi connectivity index (χ0v) is 7.86. The maximum absolute atomic E-state index is 9.37. The van der Waals surface area contributed by atoms with Gasteiger partial charge in [-0.1, -0.05) is 13.8 Å². The molecule has 0 radical (unpaired) electrons. The van der Waals surface area contributed by atoms with E-state index in [1.807, 2.05) is 13.8 Å². The first-order chi connectivity index (χ1) is 5.84. The predicted molar refractivity (Wildman–Crippen MR) is 46.5 cm³/mol. The number of aliphatic hydroxyl groups is 1.